The Hall–Kier alpha value is -2.94. The Morgan fingerprint density at radius 3 is 2.71 bits per heavy atom. The van der Waals surface area contributed by atoms with Crippen molar-refractivity contribution in [2.24, 2.45) is 12.5 Å². The fourth-order valence-corrected chi connectivity index (χ4v) is 6.07. The number of carbonyl (C=O) groups excluding carboxylic acids is 3. The van der Waals surface area contributed by atoms with Crippen LogP contribution in [0.3, 0.4) is 0 Å². The summed E-state index contributed by atoms with van der Waals surface area (Å²) in [4.78, 5) is 51.8. The van der Waals surface area contributed by atoms with Crippen LogP contribution in [0, 0.1) is 5.41 Å². The number of amides is 3. The predicted molar refractivity (Wildman–Crippen MR) is 132 cm³/mol. The van der Waals surface area contributed by atoms with Crippen molar-refractivity contribution in [3.8, 4) is 0 Å². The molecule has 3 amide bonds. The van der Waals surface area contributed by atoms with Gasteiger partial charge in [0, 0.05) is 51.5 Å². The fraction of sp³-hybridized carbons (Fsp3) is 0.615. The molecule has 1 aromatic heterocycles. The topological polar surface area (TPSA) is 105 Å². The van der Waals surface area contributed by atoms with Crippen molar-refractivity contribution < 1.29 is 14.4 Å². The van der Waals surface area contributed by atoms with Crippen molar-refractivity contribution in [2.75, 3.05) is 26.2 Å². The molecule has 0 bridgehead atoms. The van der Waals surface area contributed by atoms with Crippen LogP contribution in [0.4, 0.5) is 0 Å². The second kappa shape index (κ2) is 9.60. The van der Waals surface area contributed by atoms with Gasteiger partial charge in [-0.2, -0.15) is 0 Å². The highest BCUT2D eigenvalue weighted by atomic mass is 16.2. The molecule has 9 nitrogen and oxygen atoms in total. The van der Waals surface area contributed by atoms with Crippen LogP contribution in [0.1, 0.15) is 63.0 Å². The van der Waals surface area contributed by atoms with Gasteiger partial charge in [0.25, 0.3) is 0 Å². The highest BCUT2D eigenvalue weighted by Crippen LogP contribution is 2.34. The Morgan fingerprint density at radius 2 is 1.97 bits per heavy atom. The first-order valence-corrected chi connectivity index (χ1v) is 12.9. The summed E-state index contributed by atoms with van der Waals surface area (Å²) in [6.45, 7) is 3.87. The number of nitrogens with zero attached hydrogens (tertiary/aromatic N) is 3. The molecule has 188 valence electrons. The maximum Gasteiger partial charge on any atom is 0.329 e. The summed E-state index contributed by atoms with van der Waals surface area (Å²) in [6, 6.07) is 5.15. The number of piperidine rings is 2. The van der Waals surface area contributed by atoms with Crippen LogP contribution in [0.15, 0.2) is 23.0 Å². The number of benzene rings is 1. The van der Waals surface area contributed by atoms with Gasteiger partial charge in [0.05, 0.1) is 11.0 Å². The van der Waals surface area contributed by atoms with Crippen LogP contribution in [-0.2, 0) is 27.9 Å². The minimum Gasteiger partial charge on any atom is -0.342 e. The van der Waals surface area contributed by atoms with Crippen molar-refractivity contribution in [1.82, 2.24) is 24.7 Å². The zero-order valence-electron chi connectivity index (χ0n) is 20.5. The van der Waals surface area contributed by atoms with E-state index >= 15 is 0 Å². The lowest BCUT2D eigenvalue weighted by molar-refractivity contribution is -0.136. The number of likely N-dealkylation sites (tertiary alicyclic amines) is 1. The smallest absolute Gasteiger partial charge is 0.329 e. The van der Waals surface area contributed by atoms with Gasteiger partial charge in [-0.3, -0.25) is 28.8 Å². The Balaban J connectivity index is 1.19. The Morgan fingerprint density at radius 1 is 1.14 bits per heavy atom. The number of nitrogens with one attached hydrogen (secondary N) is 2. The molecular weight excluding hydrogens is 446 g/mol. The molecule has 3 aliphatic rings. The monoisotopic (exact) mass is 481 g/mol. The van der Waals surface area contributed by atoms with Gasteiger partial charge < -0.3 is 10.2 Å². The standard InChI is InChI=1S/C26H35N5O4/c1-29-23-18(7-3-2-4-10-22(33)30-14-6-13-26(17-30)15-27-16-26)8-5-9-19(23)31(25(29)35)20-11-12-21(32)28-24(20)34/h5,8-9,20,27H,2-4,6-7,10-17H2,1H3,(H,28,32,34). The minimum absolute atomic E-state index is 0.229. The van der Waals surface area contributed by atoms with E-state index in [1.807, 2.05) is 18.2 Å². The van der Waals surface area contributed by atoms with Gasteiger partial charge in [-0.05, 0) is 50.2 Å². The number of unbranched alkanes of at least 4 members (excludes halogenated alkanes) is 2. The molecule has 35 heavy (non-hydrogen) atoms. The van der Waals surface area contributed by atoms with Gasteiger partial charge in [-0.1, -0.05) is 18.6 Å². The van der Waals surface area contributed by atoms with Crippen molar-refractivity contribution in [1.29, 1.82) is 0 Å². The summed E-state index contributed by atoms with van der Waals surface area (Å²) < 4.78 is 3.14. The molecule has 3 fully saturated rings. The highest BCUT2D eigenvalue weighted by molar-refractivity contribution is 6.00. The van der Waals surface area contributed by atoms with Gasteiger partial charge in [0.1, 0.15) is 6.04 Å². The number of rotatable bonds is 7. The molecule has 0 radical (unpaired) electrons. The lowest BCUT2D eigenvalue weighted by Crippen LogP contribution is -2.61. The minimum atomic E-state index is -0.671. The molecule has 3 aliphatic heterocycles. The van der Waals surface area contributed by atoms with Gasteiger partial charge >= 0.3 is 5.69 Å². The van der Waals surface area contributed by atoms with E-state index in [0.717, 1.165) is 74.9 Å². The van der Waals surface area contributed by atoms with E-state index in [1.165, 1.54) is 11.0 Å². The first kappa shape index (κ1) is 23.8. The fourth-order valence-electron chi connectivity index (χ4n) is 6.07. The van der Waals surface area contributed by atoms with Gasteiger partial charge in [0.15, 0.2) is 0 Å². The Bertz CT molecular complexity index is 1210. The number of carbonyl (C=O) groups is 3. The number of imide groups is 1. The van der Waals surface area contributed by atoms with Crippen LogP contribution in [0.2, 0.25) is 0 Å². The number of fused-ring (bicyclic) bond motifs is 1. The van der Waals surface area contributed by atoms with Crippen LogP contribution in [-0.4, -0.2) is 57.9 Å². The molecule has 1 atom stereocenters. The molecular formula is C26H35N5O4. The SMILES string of the molecule is Cn1c(=O)n(C2CCC(=O)NC2=O)c2cccc(CCCCCC(=O)N3CCCC4(CNC4)C3)c21. The summed E-state index contributed by atoms with van der Waals surface area (Å²) >= 11 is 0. The molecule has 1 aromatic carbocycles. The summed E-state index contributed by atoms with van der Waals surface area (Å²) in [5.41, 5.74) is 2.71. The Kier molecular flexibility index (Phi) is 6.53. The summed E-state index contributed by atoms with van der Waals surface area (Å²) in [5, 5.41) is 5.71. The summed E-state index contributed by atoms with van der Waals surface area (Å²) in [5.74, 6) is -0.431. The van der Waals surface area contributed by atoms with Crippen LogP contribution in [0.25, 0.3) is 11.0 Å². The molecule has 1 spiro atoms. The predicted octanol–water partition coefficient (Wildman–Crippen LogP) is 1.63. The molecule has 0 saturated carbocycles. The lowest BCUT2D eigenvalue weighted by Gasteiger charge is -2.49. The average Bonchev–Trinajstić information content (AvgIpc) is 3.08. The van der Waals surface area contributed by atoms with Crippen LogP contribution < -0.4 is 16.3 Å². The molecule has 2 N–H and O–H groups in total. The largest absolute Gasteiger partial charge is 0.342 e. The molecule has 1 unspecified atom stereocenters. The van der Waals surface area contributed by atoms with Crippen LogP contribution >= 0.6 is 0 Å². The average molecular weight is 482 g/mol. The lowest BCUT2D eigenvalue weighted by atomic mass is 9.75. The zero-order chi connectivity index (χ0) is 24.6. The van der Waals surface area contributed by atoms with E-state index in [4.69, 9.17) is 0 Å². The van der Waals surface area contributed by atoms with Crippen molar-refractivity contribution in [2.45, 2.75) is 63.8 Å². The first-order valence-electron chi connectivity index (χ1n) is 12.9. The highest BCUT2D eigenvalue weighted by Gasteiger charge is 2.41. The number of para-hydroxylation sites is 1. The van der Waals surface area contributed by atoms with E-state index in [-0.39, 0.29) is 23.9 Å². The van der Waals surface area contributed by atoms with E-state index in [9.17, 15) is 19.2 Å². The second-order valence-corrected chi connectivity index (χ2v) is 10.5. The number of aryl methyl sites for hydroxylation is 2. The van der Waals surface area contributed by atoms with Crippen molar-refractivity contribution in [3.05, 3.63) is 34.2 Å². The molecule has 9 heteroatoms. The molecule has 5 rings (SSSR count). The van der Waals surface area contributed by atoms with E-state index < -0.39 is 11.9 Å². The number of aromatic nitrogens is 2. The molecule has 4 heterocycles. The van der Waals surface area contributed by atoms with E-state index in [1.54, 1.807) is 11.6 Å². The maximum absolute atomic E-state index is 13.1. The second-order valence-electron chi connectivity index (χ2n) is 10.5. The maximum atomic E-state index is 13.1. The number of hydrogen-bond acceptors (Lipinski definition) is 5. The van der Waals surface area contributed by atoms with Gasteiger partial charge in [-0.15, -0.1) is 0 Å². The molecule has 3 saturated heterocycles. The van der Waals surface area contributed by atoms with Crippen molar-refractivity contribution >= 4 is 28.8 Å². The third-order valence-electron chi connectivity index (χ3n) is 8.06. The molecule has 2 aromatic rings. The van der Waals surface area contributed by atoms with E-state index in [0.29, 0.717) is 18.3 Å². The van der Waals surface area contributed by atoms with Gasteiger partial charge in [-0.25, -0.2) is 4.79 Å². The molecule has 0 aliphatic carbocycles. The summed E-state index contributed by atoms with van der Waals surface area (Å²) in [7, 11) is 1.73. The van der Waals surface area contributed by atoms with Crippen LogP contribution in [0.5, 0.6) is 0 Å². The number of hydrogen-bond donors (Lipinski definition) is 2. The third-order valence-corrected chi connectivity index (χ3v) is 8.06. The Labute approximate surface area is 204 Å². The third kappa shape index (κ3) is 4.53. The van der Waals surface area contributed by atoms with Gasteiger partial charge in [0.2, 0.25) is 17.7 Å². The number of imidazole rings is 1. The summed E-state index contributed by atoms with van der Waals surface area (Å²) in [6.07, 6.45) is 7.03. The van der Waals surface area contributed by atoms with E-state index in [2.05, 4.69) is 15.5 Å². The first-order chi connectivity index (χ1) is 16.9. The van der Waals surface area contributed by atoms with Crippen molar-refractivity contribution in [3.63, 3.8) is 0 Å². The normalized spacial score (nSPS) is 21.9. The quantitative estimate of drug-likeness (QED) is 0.462. The zero-order valence-corrected chi connectivity index (χ0v) is 20.5.